The van der Waals surface area contributed by atoms with Gasteiger partial charge in [0.1, 0.15) is 11.8 Å². The number of nitrogens with zero attached hydrogens (tertiary/aromatic N) is 2. The van der Waals surface area contributed by atoms with Crippen molar-refractivity contribution in [3.8, 4) is 11.6 Å². The van der Waals surface area contributed by atoms with Crippen molar-refractivity contribution in [3.05, 3.63) is 52.6 Å². The van der Waals surface area contributed by atoms with Gasteiger partial charge in [-0.25, -0.2) is 4.98 Å². The first-order chi connectivity index (χ1) is 11.5. The minimum atomic E-state index is -0.483. The highest BCUT2D eigenvalue weighted by Crippen LogP contribution is 2.23. The number of hydrogen-bond acceptors (Lipinski definition) is 4. The molecule has 7 heteroatoms. The van der Waals surface area contributed by atoms with E-state index in [1.54, 1.807) is 24.0 Å². The maximum absolute atomic E-state index is 12.5. The van der Waals surface area contributed by atoms with Gasteiger partial charge in [0, 0.05) is 29.8 Å². The maximum atomic E-state index is 12.5. The Bertz CT molecular complexity index is 764. The largest absolute Gasteiger partial charge is 0.439 e. The lowest BCUT2D eigenvalue weighted by molar-refractivity contribution is -0.127. The maximum Gasteiger partial charge on any atom is 0.256 e. The molecule has 124 valence electrons. The van der Waals surface area contributed by atoms with Crippen molar-refractivity contribution in [2.45, 2.75) is 13.0 Å². The van der Waals surface area contributed by atoms with Gasteiger partial charge in [-0.1, -0.05) is 22.0 Å². The first-order valence-electron chi connectivity index (χ1n) is 7.53. The molecule has 24 heavy (non-hydrogen) atoms. The third-order valence-electron chi connectivity index (χ3n) is 3.76. The van der Waals surface area contributed by atoms with Crippen LogP contribution in [0.1, 0.15) is 17.3 Å². The summed E-state index contributed by atoms with van der Waals surface area (Å²) in [6.45, 7) is 2.67. The molecule has 1 unspecified atom stereocenters. The van der Waals surface area contributed by atoms with Crippen molar-refractivity contribution < 1.29 is 14.3 Å². The average Bonchev–Trinajstić information content (AvgIpc) is 2.57. The Morgan fingerprint density at radius 3 is 2.92 bits per heavy atom. The van der Waals surface area contributed by atoms with Gasteiger partial charge >= 0.3 is 0 Å². The van der Waals surface area contributed by atoms with Crippen LogP contribution in [0.3, 0.4) is 0 Å². The molecule has 1 N–H and O–H groups in total. The molecule has 1 aromatic heterocycles. The molecule has 1 aliphatic rings. The summed E-state index contributed by atoms with van der Waals surface area (Å²) in [5.74, 6) is 0.697. The summed E-state index contributed by atoms with van der Waals surface area (Å²) in [4.78, 5) is 29.9. The van der Waals surface area contributed by atoms with Gasteiger partial charge in [0.05, 0.1) is 5.56 Å². The van der Waals surface area contributed by atoms with E-state index in [1.807, 2.05) is 24.3 Å². The molecule has 1 aliphatic heterocycles. The zero-order valence-electron chi connectivity index (χ0n) is 13.0. The summed E-state index contributed by atoms with van der Waals surface area (Å²) >= 11 is 3.38. The van der Waals surface area contributed by atoms with E-state index in [0.29, 0.717) is 30.3 Å². The number of nitrogens with one attached hydrogen (secondary N) is 1. The summed E-state index contributed by atoms with van der Waals surface area (Å²) in [7, 11) is 0. The number of carbonyl (C=O) groups excluding carboxylic acids is 2. The Morgan fingerprint density at radius 1 is 1.38 bits per heavy atom. The second kappa shape index (κ2) is 7.00. The number of benzene rings is 1. The molecule has 2 amide bonds. The third kappa shape index (κ3) is 3.56. The van der Waals surface area contributed by atoms with Crippen molar-refractivity contribution in [2.24, 2.45) is 0 Å². The van der Waals surface area contributed by atoms with Crippen LogP contribution in [0.15, 0.2) is 47.1 Å². The Balaban J connectivity index is 1.72. The van der Waals surface area contributed by atoms with Crippen LogP contribution < -0.4 is 10.1 Å². The van der Waals surface area contributed by atoms with E-state index < -0.39 is 6.04 Å². The van der Waals surface area contributed by atoms with E-state index in [0.717, 1.165) is 4.47 Å². The minimum absolute atomic E-state index is 0.142. The van der Waals surface area contributed by atoms with Crippen LogP contribution in [0.5, 0.6) is 11.6 Å². The van der Waals surface area contributed by atoms with E-state index >= 15 is 0 Å². The lowest BCUT2D eigenvalue weighted by Gasteiger charge is -2.32. The van der Waals surface area contributed by atoms with E-state index in [4.69, 9.17) is 4.74 Å². The molecule has 0 saturated carbocycles. The summed E-state index contributed by atoms with van der Waals surface area (Å²) in [5.41, 5.74) is 0.429. The normalized spacial score (nSPS) is 17.3. The zero-order chi connectivity index (χ0) is 17.1. The Hall–Kier alpha value is -2.41. The van der Waals surface area contributed by atoms with Crippen LogP contribution in [-0.4, -0.2) is 40.8 Å². The molecular weight excluding hydrogens is 374 g/mol. The van der Waals surface area contributed by atoms with Gasteiger partial charge in [0.25, 0.3) is 5.91 Å². The number of amides is 2. The predicted molar refractivity (Wildman–Crippen MR) is 92.0 cm³/mol. The molecule has 1 fully saturated rings. The fourth-order valence-corrected chi connectivity index (χ4v) is 2.82. The predicted octanol–water partition coefficient (Wildman–Crippen LogP) is 2.60. The van der Waals surface area contributed by atoms with Gasteiger partial charge in [0.2, 0.25) is 11.8 Å². The van der Waals surface area contributed by atoms with Crippen molar-refractivity contribution in [1.82, 2.24) is 15.2 Å². The summed E-state index contributed by atoms with van der Waals surface area (Å²) in [5, 5.41) is 2.74. The van der Waals surface area contributed by atoms with E-state index in [9.17, 15) is 9.59 Å². The third-order valence-corrected chi connectivity index (χ3v) is 4.25. The number of ether oxygens (including phenoxy) is 1. The van der Waals surface area contributed by atoms with Gasteiger partial charge in [-0.05, 0) is 31.2 Å². The van der Waals surface area contributed by atoms with Crippen molar-refractivity contribution in [1.29, 1.82) is 0 Å². The molecule has 0 bridgehead atoms. The van der Waals surface area contributed by atoms with Crippen LogP contribution in [0.25, 0.3) is 0 Å². The highest BCUT2D eigenvalue weighted by atomic mass is 79.9. The molecule has 1 saturated heterocycles. The van der Waals surface area contributed by atoms with Crippen LogP contribution in [0.2, 0.25) is 0 Å². The first-order valence-corrected chi connectivity index (χ1v) is 8.32. The van der Waals surface area contributed by atoms with Gasteiger partial charge in [-0.15, -0.1) is 0 Å². The number of pyridine rings is 1. The summed E-state index contributed by atoms with van der Waals surface area (Å²) < 4.78 is 6.55. The van der Waals surface area contributed by atoms with E-state index in [2.05, 4.69) is 26.2 Å². The molecule has 1 aromatic carbocycles. The van der Waals surface area contributed by atoms with Gasteiger partial charge in [-0.2, -0.15) is 0 Å². The smallest absolute Gasteiger partial charge is 0.256 e. The molecule has 2 heterocycles. The molecule has 0 radical (unpaired) electrons. The lowest BCUT2D eigenvalue weighted by Crippen LogP contribution is -2.55. The molecule has 2 aromatic rings. The molecule has 1 atom stereocenters. The van der Waals surface area contributed by atoms with Gasteiger partial charge in [-0.3, -0.25) is 9.59 Å². The van der Waals surface area contributed by atoms with Crippen molar-refractivity contribution in [2.75, 3.05) is 13.1 Å². The monoisotopic (exact) mass is 389 g/mol. The zero-order valence-corrected chi connectivity index (χ0v) is 14.6. The average molecular weight is 390 g/mol. The van der Waals surface area contributed by atoms with E-state index in [-0.39, 0.29) is 11.8 Å². The lowest BCUT2D eigenvalue weighted by atomic mass is 10.1. The molecule has 0 spiro atoms. The van der Waals surface area contributed by atoms with Crippen LogP contribution >= 0.6 is 15.9 Å². The number of piperazine rings is 1. The highest BCUT2D eigenvalue weighted by molar-refractivity contribution is 9.10. The summed E-state index contributed by atoms with van der Waals surface area (Å²) in [6, 6.07) is 10.2. The molecule has 6 nitrogen and oxygen atoms in total. The molecular formula is C17H16BrN3O3. The number of aromatic nitrogens is 1. The molecule has 3 rings (SSSR count). The summed E-state index contributed by atoms with van der Waals surface area (Å²) in [6.07, 6.45) is 1.47. The second-order valence-electron chi connectivity index (χ2n) is 5.41. The highest BCUT2D eigenvalue weighted by Gasteiger charge is 2.29. The standard InChI is InChI=1S/C17H16BrN3O3/c1-11-16(22)19-7-8-21(11)17(23)12-5-6-15(20-10-12)24-14-4-2-3-13(18)9-14/h2-6,9-11H,7-8H2,1H3,(H,19,22). The van der Waals surface area contributed by atoms with Crippen molar-refractivity contribution in [3.63, 3.8) is 0 Å². The Kier molecular flexibility index (Phi) is 4.80. The Labute approximate surface area is 148 Å². The van der Waals surface area contributed by atoms with Crippen molar-refractivity contribution >= 4 is 27.7 Å². The van der Waals surface area contributed by atoms with Crippen LogP contribution in [0.4, 0.5) is 0 Å². The van der Waals surface area contributed by atoms with Gasteiger partial charge in [0.15, 0.2) is 0 Å². The number of rotatable bonds is 3. The SMILES string of the molecule is CC1C(=O)NCCN1C(=O)c1ccc(Oc2cccc(Br)c2)nc1. The van der Waals surface area contributed by atoms with Crippen LogP contribution in [0, 0.1) is 0 Å². The Morgan fingerprint density at radius 2 is 2.21 bits per heavy atom. The quantitative estimate of drug-likeness (QED) is 0.875. The minimum Gasteiger partial charge on any atom is -0.439 e. The number of carbonyl (C=O) groups is 2. The first kappa shape index (κ1) is 16.4. The second-order valence-corrected chi connectivity index (χ2v) is 6.33. The number of hydrogen-bond donors (Lipinski definition) is 1. The van der Waals surface area contributed by atoms with E-state index in [1.165, 1.54) is 6.20 Å². The topological polar surface area (TPSA) is 71.5 Å². The number of halogens is 1. The fraction of sp³-hybridized carbons (Fsp3) is 0.235. The van der Waals surface area contributed by atoms with Crippen LogP contribution in [-0.2, 0) is 4.79 Å². The van der Waals surface area contributed by atoms with Gasteiger partial charge < -0.3 is 15.0 Å². The molecule has 0 aliphatic carbocycles. The fourth-order valence-electron chi connectivity index (χ4n) is 2.44.